The van der Waals surface area contributed by atoms with Crippen LogP contribution in [0, 0.1) is 5.41 Å². The van der Waals surface area contributed by atoms with Gasteiger partial charge in [0.1, 0.15) is 0 Å². The van der Waals surface area contributed by atoms with Gasteiger partial charge in [0.05, 0.1) is 0 Å². The van der Waals surface area contributed by atoms with Gasteiger partial charge in [0.25, 0.3) is 0 Å². The molecule has 0 unspecified atom stereocenters. The molecule has 0 nitrogen and oxygen atoms in total. The summed E-state index contributed by atoms with van der Waals surface area (Å²) in [6, 6.07) is 15.8. The molecule has 0 saturated heterocycles. The van der Waals surface area contributed by atoms with Crippen molar-refractivity contribution in [3.8, 4) is 11.1 Å². The largest absolute Gasteiger partial charge is 0.122 e. The van der Waals surface area contributed by atoms with E-state index in [1.807, 2.05) is 0 Å². The third kappa shape index (κ3) is 3.33. The zero-order valence-electron chi connectivity index (χ0n) is 14.5. The van der Waals surface area contributed by atoms with Gasteiger partial charge in [-0.2, -0.15) is 0 Å². The highest BCUT2D eigenvalue weighted by atomic mass is 35.5. The van der Waals surface area contributed by atoms with Crippen molar-refractivity contribution in [3.05, 3.63) is 59.2 Å². The molecule has 1 aliphatic carbocycles. The van der Waals surface area contributed by atoms with Crippen molar-refractivity contribution in [2.45, 2.75) is 58.3 Å². The molecule has 1 atom stereocenters. The van der Waals surface area contributed by atoms with E-state index in [9.17, 15) is 0 Å². The number of halogens is 1. The Balaban J connectivity index is 2.13. The molecule has 2 aromatic carbocycles. The van der Waals surface area contributed by atoms with Crippen LogP contribution in [0.1, 0.15) is 62.6 Å². The summed E-state index contributed by atoms with van der Waals surface area (Å²) in [6.07, 6.45) is 5.02. The van der Waals surface area contributed by atoms with E-state index in [4.69, 9.17) is 11.6 Å². The van der Waals surface area contributed by atoms with Gasteiger partial charge in [0, 0.05) is 5.88 Å². The topological polar surface area (TPSA) is 0 Å². The molecule has 0 aliphatic heterocycles. The van der Waals surface area contributed by atoms with Crippen molar-refractivity contribution >= 4 is 11.6 Å². The minimum absolute atomic E-state index is 0.377. The first kappa shape index (κ1) is 16.6. The van der Waals surface area contributed by atoms with Gasteiger partial charge in [-0.1, -0.05) is 69.7 Å². The minimum Gasteiger partial charge on any atom is -0.122 e. The van der Waals surface area contributed by atoms with Gasteiger partial charge in [-0.05, 0) is 58.4 Å². The van der Waals surface area contributed by atoms with Crippen molar-refractivity contribution in [2.24, 2.45) is 5.41 Å². The molecule has 0 amide bonds. The van der Waals surface area contributed by atoms with Crippen molar-refractivity contribution in [2.75, 3.05) is 0 Å². The molecule has 0 bridgehead atoms. The SMILES string of the molecule is CCc1cccc(-c2ccc(CCl)cc2[C@@H]2CCCC2(C)C)c1. The van der Waals surface area contributed by atoms with Crippen LogP contribution >= 0.6 is 11.6 Å². The van der Waals surface area contributed by atoms with Crippen LogP contribution in [0.15, 0.2) is 42.5 Å². The summed E-state index contributed by atoms with van der Waals surface area (Å²) < 4.78 is 0. The minimum atomic E-state index is 0.377. The molecule has 2 aromatic rings. The fourth-order valence-corrected chi connectivity index (χ4v) is 4.27. The molecule has 1 fully saturated rings. The summed E-state index contributed by atoms with van der Waals surface area (Å²) in [7, 11) is 0. The van der Waals surface area contributed by atoms with Crippen LogP contribution in [-0.4, -0.2) is 0 Å². The van der Waals surface area contributed by atoms with Gasteiger partial charge in [0.2, 0.25) is 0 Å². The first-order valence-corrected chi connectivity index (χ1v) is 9.36. The number of rotatable bonds is 4. The van der Waals surface area contributed by atoms with Crippen LogP contribution in [0.2, 0.25) is 0 Å². The molecule has 3 rings (SSSR count). The number of hydrogen-bond acceptors (Lipinski definition) is 0. The Hall–Kier alpha value is -1.27. The van der Waals surface area contributed by atoms with Gasteiger partial charge in [-0.3, -0.25) is 0 Å². The Morgan fingerprint density at radius 3 is 2.57 bits per heavy atom. The molecule has 0 radical (unpaired) electrons. The summed E-state index contributed by atoms with van der Waals surface area (Å²) in [5.41, 5.74) is 7.26. The smallest absolute Gasteiger partial charge is 0.0474 e. The van der Waals surface area contributed by atoms with Crippen molar-refractivity contribution < 1.29 is 0 Å². The second kappa shape index (κ2) is 6.69. The van der Waals surface area contributed by atoms with Gasteiger partial charge < -0.3 is 0 Å². The zero-order chi connectivity index (χ0) is 16.4. The van der Waals surface area contributed by atoms with Crippen LogP contribution < -0.4 is 0 Å². The van der Waals surface area contributed by atoms with Crippen LogP contribution in [0.3, 0.4) is 0 Å². The molecule has 1 heteroatoms. The number of aryl methyl sites for hydroxylation is 1. The lowest BCUT2D eigenvalue weighted by Gasteiger charge is -2.29. The first-order chi connectivity index (χ1) is 11.0. The molecule has 122 valence electrons. The molecule has 0 spiro atoms. The van der Waals surface area contributed by atoms with E-state index in [1.165, 1.54) is 47.1 Å². The van der Waals surface area contributed by atoms with Gasteiger partial charge in [-0.25, -0.2) is 0 Å². The summed E-state index contributed by atoms with van der Waals surface area (Å²) in [5, 5.41) is 0. The molecule has 1 saturated carbocycles. The highest BCUT2D eigenvalue weighted by Gasteiger charge is 2.36. The summed E-state index contributed by atoms with van der Waals surface area (Å²) in [4.78, 5) is 0. The predicted octanol–water partition coefficient (Wildman–Crippen LogP) is 6.95. The number of alkyl halides is 1. The second-order valence-electron chi connectivity index (χ2n) is 7.54. The Labute approximate surface area is 145 Å². The van der Waals surface area contributed by atoms with E-state index in [1.54, 1.807) is 0 Å². The van der Waals surface area contributed by atoms with Gasteiger partial charge in [-0.15, -0.1) is 11.6 Å². The van der Waals surface area contributed by atoms with Crippen LogP contribution in [0.25, 0.3) is 11.1 Å². The van der Waals surface area contributed by atoms with E-state index in [0.29, 0.717) is 17.2 Å². The van der Waals surface area contributed by atoms with Gasteiger partial charge in [0.15, 0.2) is 0 Å². The molecular formula is C22H27Cl. The maximum absolute atomic E-state index is 6.12. The molecule has 0 heterocycles. The van der Waals surface area contributed by atoms with Crippen molar-refractivity contribution in [1.82, 2.24) is 0 Å². The van der Waals surface area contributed by atoms with Crippen LogP contribution in [0.5, 0.6) is 0 Å². The second-order valence-corrected chi connectivity index (χ2v) is 7.81. The lowest BCUT2D eigenvalue weighted by atomic mass is 9.75. The Morgan fingerprint density at radius 2 is 1.91 bits per heavy atom. The molecule has 0 aromatic heterocycles. The Morgan fingerprint density at radius 1 is 1.09 bits per heavy atom. The predicted molar refractivity (Wildman–Crippen MR) is 101 cm³/mol. The Bertz CT molecular complexity index is 684. The average Bonchev–Trinajstić information content (AvgIpc) is 2.93. The average molecular weight is 327 g/mol. The lowest BCUT2D eigenvalue weighted by Crippen LogP contribution is -2.16. The molecule has 23 heavy (non-hydrogen) atoms. The van der Waals surface area contributed by atoms with Gasteiger partial charge >= 0.3 is 0 Å². The van der Waals surface area contributed by atoms with E-state index in [-0.39, 0.29) is 0 Å². The Kier molecular flexibility index (Phi) is 4.82. The molecular weight excluding hydrogens is 300 g/mol. The fourth-order valence-electron chi connectivity index (χ4n) is 4.11. The third-order valence-electron chi connectivity index (χ3n) is 5.55. The number of benzene rings is 2. The van der Waals surface area contributed by atoms with E-state index < -0.39 is 0 Å². The van der Waals surface area contributed by atoms with E-state index in [0.717, 1.165) is 6.42 Å². The maximum atomic E-state index is 6.12. The lowest BCUT2D eigenvalue weighted by molar-refractivity contribution is 0.333. The standard InChI is InChI=1S/C22H27Cl/c1-4-16-7-5-8-18(13-16)19-11-10-17(15-23)14-20(19)21-9-6-12-22(21,2)3/h5,7-8,10-11,13-14,21H,4,6,9,12,15H2,1-3H3/t21-/m0/s1. The summed E-state index contributed by atoms with van der Waals surface area (Å²) in [5.74, 6) is 1.22. The zero-order valence-corrected chi connectivity index (χ0v) is 15.3. The highest BCUT2D eigenvalue weighted by molar-refractivity contribution is 6.17. The van der Waals surface area contributed by atoms with E-state index in [2.05, 4.69) is 63.2 Å². The molecule has 1 aliphatic rings. The van der Waals surface area contributed by atoms with Crippen molar-refractivity contribution in [1.29, 1.82) is 0 Å². The van der Waals surface area contributed by atoms with E-state index >= 15 is 0 Å². The highest BCUT2D eigenvalue weighted by Crippen LogP contribution is 2.51. The fraction of sp³-hybridized carbons (Fsp3) is 0.455. The number of hydrogen-bond donors (Lipinski definition) is 0. The first-order valence-electron chi connectivity index (χ1n) is 8.83. The summed E-state index contributed by atoms with van der Waals surface area (Å²) in [6.45, 7) is 7.06. The van der Waals surface area contributed by atoms with Crippen molar-refractivity contribution in [3.63, 3.8) is 0 Å². The molecule has 0 N–H and O–H groups in total. The summed E-state index contributed by atoms with van der Waals surface area (Å²) >= 11 is 6.12. The normalized spacial score (nSPS) is 19.9. The maximum Gasteiger partial charge on any atom is 0.0474 e. The third-order valence-corrected chi connectivity index (χ3v) is 5.86. The van der Waals surface area contributed by atoms with Crippen LogP contribution in [-0.2, 0) is 12.3 Å². The monoisotopic (exact) mass is 326 g/mol. The van der Waals surface area contributed by atoms with Crippen LogP contribution in [0.4, 0.5) is 0 Å². The quantitative estimate of drug-likeness (QED) is 0.533.